The van der Waals surface area contributed by atoms with Gasteiger partial charge in [0.05, 0.1) is 10.6 Å². The van der Waals surface area contributed by atoms with E-state index in [9.17, 15) is 13.2 Å². The van der Waals surface area contributed by atoms with E-state index < -0.39 is 10.0 Å². The summed E-state index contributed by atoms with van der Waals surface area (Å²) in [6.07, 6.45) is 0. The number of fused-ring (bicyclic) bond motifs is 1. The Morgan fingerprint density at radius 2 is 1.91 bits per heavy atom. The molecule has 0 fully saturated rings. The number of benzene rings is 2. The molecular weight excluding hydrogens is 332 g/mol. The van der Waals surface area contributed by atoms with Crippen LogP contribution in [0.5, 0.6) is 0 Å². The first-order chi connectivity index (χ1) is 11.0. The third-order valence-electron chi connectivity index (χ3n) is 3.48. The van der Waals surface area contributed by atoms with Crippen LogP contribution in [-0.4, -0.2) is 20.1 Å². The molecule has 0 saturated carbocycles. The van der Waals surface area contributed by atoms with E-state index in [4.69, 9.17) is 0 Å². The monoisotopic (exact) mass is 348 g/mol. The van der Waals surface area contributed by atoms with E-state index in [1.54, 1.807) is 48.2 Å². The average molecular weight is 348 g/mol. The fourth-order valence-electron chi connectivity index (χ4n) is 2.17. The van der Waals surface area contributed by atoms with Crippen molar-refractivity contribution in [3.05, 3.63) is 48.5 Å². The van der Waals surface area contributed by atoms with Gasteiger partial charge in [0.25, 0.3) is 10.0 Å². The fourth-order valence-corrected chi connectivity index (χ4v) is 4.26. The van der Waals surface area contributed by atoms with Gasteiger partial charge in [-0.2, -0.15) is 0 Å². The molecule has 120 valence electrons. The molecule has 1 unspecified atom stereocenters. The molecule has 7 heteroatoms. The Balaban J connectivity index is 1.92. The van der Waals surface area contributed by atoms with Crippen molar-refractivity contribution in [2.24, 2.45) is 5.92 Å². The minimum absolute atomic E-state index is 0.0955. The maximum Gasteiger partial charge on any atom is 0.261 e. The van der Waals surface area contributed by atoms with E-state index in [-0.39, 0.29) is 16.7 Å². The number of rotatable bonds is 3. The molecule has 1 atom stereocenters. The summed E-state index contributed by atoms with van der Waals surface area (Å²) in [5, 5.41) is 2.80. The Bertz CT molecular complexity index is 836. The fraction of sp³-hybridized carbons (Fsp3) is 0.188. The number of sulfonamides is 1. The molecule has 3 rings (SSSR count). The molecule has 1 heterocycles. The van der Waals surface area contributed by atoms with Crippen molar-refractivity contribution in [1.29, 1.82) is 0 Å². The number of hydrogen-bond acceptors (Lipinski definition) is 4. The first kappa shape index (κ1) is 15.9. The van der Waals surface area contributed by atoms with Crippen molar-refractivity contribution in [2.45, 2.75) is 16.7 Å². The highest BCUT2D eigenvalue weighted by Gasteiger charge is 2.22. The topological polar surface area (TPSA) is 75.3 Å². The molecule has 2 aromatic rings. The number of carbonyl (C=O) groups is 1. The first-order valence-corrected chi connectivity index (χ1v) is 9.58. The van der Waals surface area contributed by atoms with Gasteiger partial charge in [0, 0.05) is 22.3 Å². The van der Waals surface area contributed by atoms with E-state index in [0.717, 1.165) is 4.90 Å². The van der Waals surface area contributed by atoms with Crippen LogP contribution in [0, 0.1) is 5.92 Å². The van der Waals surface area contributed by atoms with Gasteiger partial charge in [-0.1, -0.05) is 25.1 Å². The van der Waals surface area contributed by atoms with Crippen molar-refractivity contribution in [2.75, 3.05) is 15.8 Å². The number of anilines is 2. The van der Waals surface area contributed by atoms with E-state index in [1.807, 2.05) is 13.0 Å². The average Bonchev–Trinajstić information content (AvgIpc) is 2.67. The summed E-state index contributed by atoms with van der Waals surface area (Å²) in [5.41, 5.74) is 1.04. The van der Waals surface area contributed by atoms with Gasteiger partial charge in [-0.3, -0.25) is 9.52 Å². The van der Waals surface area contributed by atoms with Crippen molar-refractivity contribution in [3.8, 4) is 0 Å². The van der Waals surface area contributed by atoms with Gasteiger partial charge in [-0.15, -0.1) is 11.8 Å². The predicted molar refractivity (Wildman–Crippen MR) is 92.2 cm³/mol. The normalized spacial score (nSPS) is 17.8. The van der Waals surface area contributed by atoms with Crippen LogP contribution in [0.25, 0.3) is 0 Å². The zero-order valence-corrected chi connectivity index (χ0v) is 14.1. The van der Waals surface area contributed by atoms with E-state index in [0.29, 0.717) is 17.1 Å². The Kier molecular flexibility index (Phi) is 4.32. The lowest BCUT2D eigenvalue weighted by molar-refractivity contribution is -0.118. The van der Waals surface area contributed by atoms with E-state index in [1.165, 1.54) is 6.07 Å². The van der Waals surface area contributed by atoms with E-state index >= 15 is 0 Å². The molecule has 0 spiro atoms. The third-order valence-corrected chi connectivity index (χ3v) is 6.19. The zero-order chi connectivity index (χ0) is 16.4. The molecular formula is C16H16N2O3S2. The van der Waals surface area contributed by atoms with Crippen LogP contribution in [0.4, 0.5) is 11.4 Å². The Morgan fingerprint density at radius 3 is 2.65 bits per heavy atom. The van der Waals surface area contributed by atoms with Gasteiger partial charge in [0.15, 0.2) is 0 Å². The lowest BCUT2D eigenvalue weighted by atomic mass is 10.2. The number of nitrogens with one attached hydrogen (secondary N) is 2. The number of thioether (sulfide) groups is 1. The molecule has 0 saturated heterocycles. The van der Waals surface area contributed by atoms with Gasteiger partial charge in [-0.05, 0) is 30.3 Å². The number of amides is 1. The van der Waals surface area contributed by atoms with Gasteiger partial charge in [0.1, 0.15) is 0 Å². The molecule has 23 heavy (non-hydrogen) atoms. The standard InChI is InChI=1S/C16H16N2O3S2/c1-11-10-22-15-8-7-13(9-14(15)17-16(11)19)23(20,21)18-12-5-3-2-4-6-12/h2-9,11,18H,10H2,1H3,(H,17,19). The van der Waals surface area contributed by atoms with Crippen LogP contribution in [0.3, 0.4) is 0 Å². The van der Waals surface area contributed by atoms with E-state index in [2.05, 4.69) is 10.0 Å². The highest BCUT2D eigenvalue weighted by Crippen LogP contribution is 2.34. The van der Waals surface area contributed by atoms with Crippen LogP contribution >= 0.6 is 11.8 Å². The summed E-state index contributed by atoms with van der Waals surface area (Å²) < 4.78 is 27.5. The van der Waals surface area contributed by atoms with Crippen LogP contribution in [-0.2, 0) is 14.8 Å². The molecule has 0 aromatic heterocycles. The predicted octanol–water partition coefficient (Wildman–Crippen LogP) is 3.17. The summed E-state index contributed by atoms with van der Waals surface area (Å²) in [6.45, 7) is 1.85. The van der Waals surface area contributed by atoms with Crippen LogP contribution in [0.2, 0.25) is 0 Å². The smallest absolute Gasteiger partial charge is 0.261 e. The van der Waals surface area contributed by atoms with Crippen molar-refractivity contribution >= 4 is 39.1 Å². The minimum Gasteiger partial charge on any atom is -0.325 e. The summed E-state index contributed by atoms with van der Waals surface area (Å²) in [5.74, 6) is 0.462. The van der Waals surface area contributed by atoms with Crippen molar-refractivity contribution in [1.82, 2.24) is 0 Å². The molecule has 2 aromatic carbocycles. The van der Waals surface area contributed by atoms with Crippen LogP contribution < -0.4 is 10.0 Å². The molecule has 1 amide bonds. The second kappa shape index (κ2) is 6.25. The minimum atomic E-state index is -3.70. The van der Waals surface area contributed by atoms with Crippen molar-refractivity contribution in [3.63, 3.8) is 0 Å². The van der Waals surface area contributed by atoms with Gasteiger partial charge >= 0.3 is 0 Å². The number of carbonyl (C=O) groups excluding carboxylic acids is 1. The lowest BCUT2D eigenvalue weighted by Gasteiger charge is -2.11. The number of para-hydroxylation sites is 1. The maximum absolute atomic E-state index is 12.5. The van der Waals surface area contributed by atoms with Crippen molar-refractivity contribution < 1.29 is 13.2 Å². The molecule has 0 bridgehead atoms. The Hall–Kier alpha value is -1.99. The van der Waals surface area contributed by atoms with Crippen LogP contribution in [0.1, 0.15) is 6.92 Å². The highest BCUT2D eigenvalue weighted by atomic mass is 32.2. The largest absolute Gasteiger partial charge is 0.325 e. The summed E-state index contributed by atoms with van der Waals surface area (Å²) in [7, 11) is -3.70. The van der Waals surface area contributed by atoms with Gasteiger partial charge in [-0.25, -0.2) is 8.42 Å². The SMILES string of the molecule is CC1CSc2ccc(S(=O)(=O)Nc3ccccc3)cc2NC1=O. The second-order valence-corrected chi connectivity index (χ2v) is 8.08. The lowest BCUT2D eigenvalue weighted by Crippen LogP contribution is -2.20. The Labute approximate surface area is 139 Å². The van der Waals surface area contributed by atoms with Gasteiger partial charge in [0.2, 0.25) is 5.91 Å². The Morgan fingerprint density at radius 1 is 1.17 bits per heavy atom. The summed E-state index contributed by atoms with van der Waals surface area (Å²) in [4.78, 5) is 12.9. The first-order valence-electron chi connectivity index (χ1n) is 7.11. The summed E-state index contributed by atoms with van der Waals surface area (Å²) in [6, 6.07) is 13.5. The zero-order valence-electron chi connectivity index (χ0n) is 12.4. The maximum atomic E-state index is 12.5. The van der Waals surface area contributed by atoms with Gasteiger partial charge < -0.3 is 5.32 Å². The van der Waals surface area contributed by atoms with Crippen LogP contribution in [0.15, 0.2) is 58.3 Å². The summed E-state index contributed by atoms with van der Waals surface area (Å²) >= 11 is 1.55. The molecule has 2 N–H and O–H groups in total. The highest BCUT2D eigenvalue weighted by molar-refractivity contribution is 7.99. The molecule has 0 radical (unpaired) electrons. The second-order valence-electron chi connectivity index (χ2n) is 5.33. The molecule has 1 aliphatic rings. The number of hydrogen-bond donors (Lipinski definition) is 2. The quantitative estimate of drug-likeness (QED) is 0.893. The third kappa shape index (κ3) is 3.51. The molecule has 1 aliphatic heterocycles. The molecule has 5 nitrogen and oxygen atoms in total. The molecule has 0 aliphatic carbocycles.